The van der Waals surface area contributed by atoms with E-state index in [0.29, 0.717) is 6.54 Å². The summed E-state index contributed by atoms with van der Waals surface area (Å²) in [5.74, 6) is -0.488. The second-order valence-electron chi connectivity index (χ2n) is 3.84. The summed E-state index contributed by atoms with van der Waals surface area (Å²) >= 11 is 5.63. The molecule has 1 aliphatic heterocycles. The fourth-order valence-electron chi connectivity index (χ4n) is 1.75. The zero-order valence-corrected chi connectivity index (χ0v) is 9.95. The number of hydrogen-bond acceptors (Lipinski definition) is 4. The molecule has 1 aromatic carbocycles. The molecule has 90 valence electrons. The third-order valence-electron chi connectivity index (χ3n) is 2.62. The number of aliphatic imine (C=N–C) groups is 1. The normalized spacial score (nSPS) is 12.6. The summed E-state index contributed by atoms with van der Waals surface area (Å²) in [6.45, 7) is 0.698. The highest BCUT2D eigenvalue weighted by Crippen LogP contribution is 2.23. The van der Waals surface area contributed by atoms with Crippen molar-refractivity contribution in [1.82, 2.24) is 9.97 Å². The molecule has 0 saturated carbocycles. The van der Waals surface area contributed by atoms with Crippen LogP contribution in [0, 0.1) is 5.82 Å². The summed E-state index contributed by atoms with van der Waals surface area (Å²) in [5.41, 5.74) is 2.91. The Labute approximate surface area is 108 Å². The third kappa shape index (κ3) is 2.04. The summed E-state index contributed by atoms with van der Waals surface area (Å²) in [5, 5.41) is 2.87. The first-order chi connectivity index (χ1) is 8.72. The van der Waals surface area contributed by atoms with Gasteiger partial charge in [0.05, 0.1) is 12.7 Å². The van der Waals surface area contributed by atoms with E-state index < -0.39 is 5.82 Å². The minimum absolute atomic E-state index is 0.00150. The van der Waals surface area contributed by atoms with Crippen molar-refractivity contribution >= 4 is 29.3 Å². The zero-order valence-electron chi connectivity index (χ0n) is 9.19. The number of aromatic nitrogens is 2. The molecule has 1 aromatic heterocycles. The smallest absolute Gasteiger partial charge is 0.224 e. The van der Waals surface area contributed by atoms with Crippen LogP contribution in [0.5, 0.6) is 0 Å². The summed E-state index contributed by atoms with van der Waals surface area (Å²) < 4.78 is 13.5. The Kier molecular flexibility index (Phi) is 2.68. The van der Waals surface area contributed by atoms with Crippen LogP contribution in [0.3, 0.4) is 0 Å². The molecule has 4 nitrogen and oxygen atoms in total. The molecular weight excluding hydrogens is 255 g/mol. The van der Waals surface area contributed by atoms with Crippen LogP contribution in [-0.2, 0) is 6.54 Å². The van der Waals surface area contributed by atoms with Crippen LogP contribution in [0.1, 0.15) is 11.1 Å². The molecule has 18 heavy (non-hydrogen) atoms. The Hall–Kier alpha value is -2.01. The van der Waals surface area contributed by atoms with Gasteiger partial charge in [0.2, 0.25) is 5.28 Å². The van der Waals surface area contributed by atoms with Gasteiger partial charge in [0, 0.05) is 11.9 Å². The van der Waals surface area contributed by atoms with Gasteiger partial charge >= 0.3 is 0 Å². The average molecular weight is 263 g/mol. The average Bonchev–Trinajstić information content (AvgIpc) is 2.81. The molecule has 0 atom stereocenters. The third-order valence-corrected chi connectivity index (χ3v) is 2.80. The van der Waals surface area contributed by atoms with Gasteiger partial charge < -0.3 is 5.32 Å². The van der Waals surface area contributed by atoms with Crippen LogP contribution >= 0.6 is 11.6 Å². The van der Waals surface area contributed by atoms with Crippen molar-refractivity contribution in [3.63, 3.8) is 0 Å². The van der Waals surface area contributed by atoms with E-state index in [-0.39, 0.29) is 11.1 Å². The highest BCUT2D eigenvalue weighted by Gasteiger charge is 2.09. The van der Waals surface area contributed by atoms with Crippen molar-refractivity contribution < 1.29 is 4.39 Å². The van der Waals surface area contributed by atoms with Crippen molar-refractivity contribution in [3.8, 4) is 0 Å². The molecule has 0 bridgehead atoms. The van der Waals surface area contributed by atoms with E-state index in [1.165, 1.54) is 0 Å². The van der Waals surface area contributed by atoms with Crippen molar-refractivity contribution in [3.05, 3.63) is 46.6 Å². The minimum Gasteiger partial charge on any atom is -0.338 e. The molecule has 1 aliphatic rings. The molecule has 0 saturated heterocycles. The maximum absolute atomic E-state index is 13.5. The molecule has 0 radical (unpaired) electrons. The number of nitrogens with zero attached hydrogens (tertiary/aromatic N) is 3. The van der Waals surface area contributed by atoms with Gasteiger partial charge in [-0.25, -0.2) is 9.37 Å². The zero-order chi connectivity index (χ0) is 12.5. The number of hydrogen-bond donors (Lipinski definition) is 1. The first kappa shape index (κ1) is 11.1. The molecule has 1 N–H and O–H groups in total. The number of nitrogens with one attached hydrogen (secondary N) is 1. The summed E-state index contributed by atoms with van der Waals surface area (Å²) in [6.07, 6.45) is 2.83. The molecule has 2 aromatic rings. The van der Waals surface area contributed by atoms with Crippen LogP contribution < -0.4 is 5.32 Å². The quantitative estimate of drug-likeness (QED) is 0.847. The van der Waals surface area contributed by atoms with Crippen LogP contribution in [0.25, 0.3) is 0 Å². The van der Waals surface area contributed by atoms with E-state index in [1.807, 2.05) is 18.2 Å². The van der Waals surface area contributed by atoms with E-state index in [4.69, 9.17) is 11.6 Å². The lowest BCUT2D eigenvalue weighted by molar-refractivity contribution is 0.619. The first-order valence-electron chi connectivity index (χ1n) is 5.30. The molecule has 0 fully saturated rings. The molecule has 0 amide bonds. The molecule has 3 rings (SSSR count). The van der Waals surface area contributed by atoms with Crippen molar-refractivity contribution in [1.29, 1.82) is 0 Å². The first-order valence-corrected chi connectivity index (χ1v) is 5.68. The topological polar surface area (TPSA) is 50.2 Å². The highest BCUT2D eigenvalue weighted by atomic mass is 35.5. The number of halogens is 2. The van der Waals surface area contributed by atoms with Gasteiger partial charge in [-0.3, -0.25) is 4.99 Å². The van der Waals surface area contributed by atoms with E-state index in [9.17, 15) is 4.39 Å². The van der Waals surface area contributed by atoms with E-state index >= 15 is 0 Å². The van der Waals surface area contributed by atoms with Gasteiger partial charge in [0.25, 0.3) is 0 Å². The Balaban J connectivity index is 1.92. The van der Waals surface area contributed by atoms with Gasteiger partial charge in [0.1, 0.15) is 0 Å². The van der Waals surface area contributed by atoms with Crippen LogP contribution in [0.2, 0.25) is 5.28 Å². The Morgan fingerprint density at radius 2 is 2.22 bits per heavy atom. The standard InChI is InChI=1S/C12H8ClFN4/c13-12-16-6-10(14)11(18-12)17-9-2-1-7-4-15-5-8(7)3-9/h1-3,5-6H,4H2,(H,16,17,18). The monoisotopic (exact) mass is 262 g/mol. The van der Waals surface area contributed by atoms with Crippen molar-refractivity contribution in [2.45, 2.75) is 6.54 Å². The number of benzene rings is 1. The number of anilines is 2. The van der Waals surface area contributed by atoms with Crippen LogP contribution in [-0.4, -0.2) is 16.2 Å². The van der Waals surface area contributed by atoms with Gasteiger partial charge in [-0.1, -0.05) is 6.07 Å². The lowest BCUT2D eigenvalue weighted by atomic mass is 10.1. The highest BCUT2D eigenvalue weighted by molar-refractivity contribution is 6.28. The Morgan fingerprint density at radius 3 is 3.11 bits per heavy atom. The molecular formula is C12H8ClFN4. The predicted octanol–water partition coefficient (Wildman–Crippen LogP) is 2.95. The lowest BCUT2D eigenvalue weighted by Gasteiger charge is -2.07. The molecule has 0 spiro atoms. The molecule has 6 heteroatoms. The van der Waals surface area contributed by atoms with Crippen LogP contribution in [0.15, 0.2) is 29.4 Å². The molecule has 0 aliphatic carbocycles. The van der Waals surface area contributed by atoms with E-state index in [0.717, 1.165) is 23.0 Å². The largest absolute Gasteiger partial charge is 0.338 e. The van der Waals surface area contributed by atoms with Crippen molar-refractivity contribution in [2.24, 2.45) is 4.99 Å². The fourth-order valence-corrected chi connectivity index (χ4v) is 1.88. The maximum atomic E-state index is 13.5. The van der Waals surface area contributed by atoms with Gasteiger partial charge in [-0.2, -0.15) is 4.98 Å². The Morgan fingerprint density at radius 1 is 1.33 bits per heavy atom. The van der Waals surface area contributed by atoms with E-state index in [1.54, 1.807) is 6.21 Å². The van der Waals surface area contributed by atoms with Gasteiger partial charge in [-0.15, -0.1) is 0 Å². The summed E-state index contributed by atoms with van der Waals surface area (Å²) in [7, 11) is 0. The van der Waals surface area contributed by atoms with Crippen molar-refractivity contribution in [2.75, 3.05) is 5.32 Å². The predicted molar refractivity (Wildman–Crippen MR) is 68.0 cm³/mol. The van der Waals surface area contributed by atoms with Gasteiger partial charge in [-0.05, 0) is 34.9 Å². The summed E-state index contributed by atoms with van der Waals surface area (Å²) in [4.78, 5) is 11.5. The SMILES string of the molecule is Fc1cnc(Cl)nc1Nc1ccc2c(c1)C=NC2. The fraction of sp³-hybridized carbons (Fsp3) is 0.0833. The number of rotatable bonds is 2. The maximum Gasteiger partial charge on any atom is 0.224 e. The molecule has 0 unspecified atom stereocenters. The van der Waals surface area contributed by atoms with Gasteiger partial charge in [0.15, 0.2) is 11.6 Å². The molecule has 2 heterocycles. The van der Waals surface area contributed by atoms with E-state index in [2.05, 4.69) is 20.3 Å². The second-order valence-corrected chi connectivity index (χ2v) is 4.18. The number of fused-ring (bicyclic) bond motifs is 1. The van der Waals surface area contributed by atoms with Crippen LogP contribution in [0.4, 0.5) is 15.9 Å². The Bertz CT molecular complexity index is 642. The lowest BCUT2D eigenvalue weighted by Crippen LogP contribution is -1.99. The minimum atomic E-state index is -0.548. The second kappa shape index (κ2) is 4.34. The summed E-state index contributed by atoms with van der Waals surface area (Å²) in [6, 6.07) is 5.69.